The molecule has 0 unspecified atom stereocenters. The Labute approximate surface area is 118 Å². The lowest BCUT2D eigenvalue weighted by Gasteiger charge is -2.31. The lowest BCUT2D eigenvalue weighted by molar-refractivity contribution is 0.191. The Morgan fingerprint density at radius 3 is 2.37 bits per heavy atom. The molecule has 0 aliphatic heterocycles. The first-order chi connectivity index (χ1) is 9.18. The first kappa shape index (κ1) is 14.6. The van der Waals surface area contributed by atoms with E-state index in [2.05, 4.69) is 28.9 Å². The fraction of sp³-hybridized carbons (Fsp3) is 0.933. The normalized spacial score (nSPS) is 21.9. The predicted molar refractivity (Wildman–Crippen MR) is 81.4 cm³/mol. The van der Waals surface area contributed by atoms with E-state index in [0.29, 0.717) is 6.04 Å². The Balaban J connectivity index is 1.61. The quantitative estimate of drug-likeness (QED) is 0.455. The number of hydrogen-bond acceptors (Lipinski definition) is 2. The Bertz CT molecular complexity index is 293. The van der Waals surface area contributed by atoms with Crippen LogP contribution in [0.5, 0.6) is 0 Å². The van der Waals surface area contributed by atoms with Crippen LogP contribution in [0.25, 0.3) is 0 Å². The highest BCUT2D eigenvalue weighted by Crippen LogP contribution is 2.25. The van der Waals surface area contributed by atoms with Crippen LogP contribution in [0.15, 0.2) is 4.99 Å². The van der Waals surface area contributed by atoms with E-state index >= 15 is 0 Å². The Morgan fingerprint density at radius 2 is 1.74 bits per heavy atom. The Hall–Kier alpha value is -0.770. The van der Waals surface area contributed by atoms with Crippen LogP contribution in [0.4, 0.5) is 0 Å². The van der Waals surface area contributed by atoms with Crippen molar-refractivity contribution in [3.8, 4) is 0 Å². The fourth-order valence-corrected chi connectivity index (χ4v) is 2.98. The summed E-state index contributed by atoms with van der Waals surface area (Å²) < 4.78 is 0. The summed E-state index contributed by atoms with van der Waals surface area (Å²) in [5, 5.41) is 0. The van der Waals surface area contributed by atoms with Crippen molar-refractivity contribution in [3.63, 3.8) is 0 Å². The maximum atomic E-state index is 5.98. The number of nitrogens with zero attached hydrogens (tertiary/aromatic N) is 3. The van der Waals surface area contributed by atoms with Crippen LogP contribution in [-0.4, -0.2) is 55.0 Å². The van der Waals surface area contributed by atoms with Gasteiger partial charge in [0.2, 0.25) is 0 Å². The van der Waals surface area contributed by atoms with E-state index < -0.39 is 0 Å². The third kappa shape index (κ3) is 4.68. The van der Waals surface area contributed by atoms with E-state index in [-0.39, 0.29) is 0 Å². The van der Waals surface area contributed by atoms with Crippen molar-refractivity contribution in [1.29, 1.82) is 0 Å². The summed E-state index contributed by atoms with van der Waals surface area (Å²) in [6.45, 7) is 2.01. The van der Waals surface area contributed by atoms with E-state index in [9.17, 15) is 0 Å². The Kier molecular flexibility index (Phi) is 5.49. The molecule has 0 atom stereocenters. The van der Waals surface area contributed by atoms with Crippen LogP contribution >= 0.6 is 0 Å². The van der Waals surface area contributed by atoms with Crippen molar-refractivity contribution in [2.75, 3.05) is 27.2 Å². The van der Waals surface area contributed by atoms with Crippen LogP contribution in [0, 0.1) is 0 Å². The summed E-state index contributed by atoms with van der Waals surface area (Å²) in [5.41, 5.74) is 5.98. The molecule has 0 amide bonds. The molecular formula is C15H30N4. The van der Waals surface area contributed by atoms with E-state index in [4.69, 9.17) is 5.73 Å². The van der Waals surface area contributed by atoms with Gasteiger partial charge < -0.3 is 15.5 Å². The molecule has 0 aromatic heterocycles. The summed E-state index contributed by atoms with van der Waals surface area (Å²) in [4.78, 5) is 9.15. The predicted octanol–water partition coefficient (Wildman–Crippen LogP) is 2.05. The molecular weight excluding hydrogens is 236 g/mol. The SMILES string of the molecule is CN(CCCN=C(N)N(C)C1CC1)C1CCCCC1. The number of nitrogens with two attached hydrogens (primary N) is 1. The number of aliphatic imine (C=N–C) groups is 1. The number of rotatable bonds is 6. The van der Waals surface area contributed by atoms with Gasteiger partial charge in [0.15, 0.2) is 5.96 Å². The molecule has 0 heterocycles. The molecule has 4 nitrogen and oxygen atoms in total. The zero-order valence-corrected chi connectivity index (χ0v) is 12.6. The molecule has 0 spiro atoms. The van der Waals surface area contributed by atoms with Crippen LogP contribution in [0.1, 0.15) is 51.4 Å². The molecule has 2 fully saturated rings. The molecule has 0 saturated heterocycles. The van der Waals surface area contributed by atoms with Crippen LogP contribution in [0.2, 0.25) is 0 Å². The van der Waals surface area contributed by atoms with Gasteiger partial charge in [-0.15, -0.1) is 0 Å². The molecule has 2 N–H and O–H groups in total. The molecule has 2 rings (SSSR count). The van der Waals surface area contributed by atoms with Crippen molar-refractivity contribution < 1.29 is 0 Å². The van der Waals surface area contributed by atoms with Crippen molar-refractivity contribution >= 4 is 5.96 Å². The molecule has 110 valence electrons. The third-order valence-electron chi connectivity index (χ3n) is 4.60. The topological polar surface area (TPSA) is 44.9 Å². The first-order valence-corrected chi connectivity index (χ1v) is 7.91. The second-order valence-electron chi connectivity index (χ2n) is 6.21. The summed E-state index contributed by atoms with van der Waals surface area (Å²) >= 11 is 0. The van der Waals surface area contributed by atoms with Gasteiger partial charge in [-0.25, -0.2) is 0 Å². The zero-order chi connectivity index (χ0) is 13.7. The molecule has 0 aromatic rings. The van der Waals surface area contributed by atoms with Crippen molar-refractivity contribution in [2.45, 2.75) is 63.5 Å². The lowest BCUT2D eigenvalue weighted by Crippen LogP contribution is -2.36. The van der Waals surface area contributed by atoms with Gasteiger partial charge in [0, 0.05) is 25.7 Å². The number of hydrogen-bond donors (Lipinski definition) is 1. The lowest BCUT2D eigenvalue weighted by atomic mass is 9.94. The molecule has 2 saturated carbocycles. The van der Waals surface area contributed by atoms with Crippen molar-refractivity contribution in [2.24, 2.45) is 10.7 Å². The summed E-state index contributed by atoms with van der Waals surface area (Å²) in [6.07, 6.45) is 10.7. The average Bonchev–Trinajstić information content (AvgIpc) is 3.27. The highest BCUT2D eigenvalue weighted by Gasteiger charge is 2.27. The van der Waals surface area contributed by atoms with Gasteiger partial charge in [0.1, 0.15) is 0 Å². The average molecular weight is 266 g/mol. The third-order valence-corrected chi connectivity index (χ3v) is 4.60. The highest BCUT2D eigenvalue weighted by molar-refractivity contribution is 5.78. The van der Waals surface area contributed by atoms with Gasteiger partial charge >= 0.3 is 0 Å². The van der Waals surface area contributed by atoms with E-state index in [1.807, 2.05) is 0 Å². The highest BCUT2D eigenvalue weighted by atomic mass is 15.3. The van der Waals surface area contributed by atoms with Crippen LogP contribution in [0.3, 0.4) is 0 Å². The molecule has 4 heteroatoms. The summed E-state index contributed by atoms with van der Waals surface area (Å²) in [5.74, 6) is 0.725. The van der Waals surface area contributed by atoms with Gasteiger partial charge in [-0.3, -0.25) is 4.99 Å². The molecule has 19 heavy (non-hydrogen) atoms. The van der Waals surface area contributed by atoms with Crippen molar-refractivity contribution in [3.05, 3.63) is 0 Å². The van der Waals surface area contributed by atoms with Gasteiger partial charge in [-0.05, 0) is 45.7 Å². The largest absolute Gasteiger partial charge is 0.370 e. The number of guanidine groups is 1. The second kappa shape index (κ2) is 7.13. The summed E-state index contributed by atoms with van der Waals surface area (Å²) in [7, 11) is 4.32. The molecule has 0 radical (unpaired) electrons. The van der Waals surface area contributed by atoms with E-state index in [0.717, 1.165) is 31.5 Å². The standard InChI is InChI=1S/C15H30N4/c1-18(13-7-4-3-5-8-13)12-6-11-17-15(16)19(2)14-9-10-14/h13-14H,3-12H2,1-2H3,(H2,16,17). The molecule has 0 bridgehead atoms. The van der Waals surface area contributed by atoms with Gasteiger partial charge in [0.05, 0.1) is 0 Å². The maximum Gasteiger partial charge on any atom is 0.191 e. The monoisotopic (exact) mass is 266 g/mol. The minimum atomic E-state index is 0.661. The maximum absolute atomic E-state index is 5.98. The zero-order valence-electron chi connectivity index (χ0n) is 12.6. The molecule has 2 aliphatic rings. The minimum absolute atomic E-state index is 0.661. The fourth-order valence-electron chi connectivity index (χ4n) is 2.98. The van der Waals surface area contributed by atoms with Gasteiger partial charge in [-0.1, -0.05) is 19.3 Å². The minimum Gasteiger partial charge on any atom is -0.370 e. The molecule has 2 aliphatic carbocycles. The molecule has 0 aromatic carbocycles. The smallest absolute Gasteiger partial charge is 0.191 e. The summed E-state index contributed by atoms with van der Waals surface area (Å²) in [6, 6.07) is 1.47. The first-order valence-electron chi connectivity index (χ1n) is 7.91. The van der Waals surface area contributed by atoms with E-state index in [1.54, 1.807) is 0 Å². The van der Waals surface area contributed by atoms with E-state index in [1.165, 1.54) is 44.9 Å². The van der Waals surface area contributed by atoms with Gasteiger partial charge in [-0.2, -0.15) is 0 Å². The second-order valence-corrected chi connectivity index (χ2v) is 6.21. The van der Waals surface area contributed by atoms with Crippen molar-refractivity contribution in [1.82, 2.24) is 9.80 Å². The van der Waals surface area contributed by atoms with Crippen LogP contribution < -0.4 is 5.73 Å². The Morgan fingerprint density at radius 1 is 1.05 bits per heavy atom. The van der Waals surface area contributed by atoms with Crippen LogP contribution in [-0.2, 0) is 0 Å². The van der Waals surface area contributed by atoms with Gasteiger partial charge in [0.25, 0.3) is 0 Å².